The molecule has 1 aliphatic heterocycles. The number of aromatic nitrogens is 3. The molecule has 1 aromatic carbocycles. The number of nitrogens with zero attached hydrogens (tertiary/aromatic N) is 4. The summed E-state index contributed by atoms with van der Waals surface area (Å²) < 4.78 is 5.91. The zero-order valence-corrected chi connectivity index (χ0v) is 14.4. The van der Waals surface area contributed by atoms with Crippen molar-refractivity contribution < 1.29 is 4.42 Å². The second-order valence-corrected chi connectivity index (χ2v) is 6.72. The number of aryl methyl sites for hydroxylation is 1. The summed E-state index contributed by atoms with van der Waals surface area (Å²) in [7, 11) is 0. The van der Waals surface area contributed by atoms with Gasteiger partial charge in [-0.3, -0.25) is 9.88 Å². The lowest BCUT2D eigenvalue weighted by Gasteiger charge is -2.31. The molecule has 25 heavy (non-hydrogen) atoms. The van der Waals surface area contributed by atoms with Crippen LogP contribution in [0.5, 0.6) is 0 Å². The Hall–Kier alpha value is -2.53. The van der Waals surface area contributed by atoms with Crippen molar-refractivity contribution in [1.29, 1.82) is 0 Å². The summed E-state index contributed by atoms with van der Waals surface area (Å²) in [5, 5.41) is 8.47. The number of likely N-dealkylation sites (tertiary alicyclic amines) is 1. The molecule has 2 aromatic heterocycles. The van der Waals surface area contributed by atoms with Crippen LogP contribution in [0, 0.1) is 6.92 Å². The van der Waals surface area contributed by atoms with Gasteiger partial charge in [0.25, 0.3) is 5.89 Å². The van der Waals surface area contributed by atoms with Gasteiger partial charge in [-0.25, -0.2) is 0 Å². The number of piperidine rings is 1. The molecule has 0 aliphatic carbocycles. The first-order valence-corrected chi connectivity index (χ1v) is 8.80. The molecule has 4 rings (SSSR count). The lowest BCUT2D eigenvalue weighted by molar-refractivity contribution is 0.186. The van der Waals surface area contributed by atoms with E-state index in [9.17, 15) is 0 Å². The summed E-state index contributed by atoms with van der Waals surface area (Å²) in [5.41, 5.74) is 3.38. The average Bonchev–Trinajstić information content (AvgIpc) is 3.15. The predicted octanol–water partition coefficient (Wildman–Crippen LogP) is 3.82. The van der Waals surface area contributed by atoms with Crippen molar-refractivity contribution in [2.75, 3.05) is 13.1 Å². The van der Waals surface area contributed by atoms with Crippen LogP contribution in [0.25, 0.3) is 11.6 Å². The van der Waals surface area contributed by atoms with E-state index < -0.39 is 0 Å². The fourth-order valence-corrected chi connectivity index (χ4v) is 3.34. The molecule has 3 heterocycles. The van der Waals surface area contributed by atoms with Gasteiger partial charge >= 0.3 is 0 Å². The third-order valence-electron chi connectivity index (χ3n) is 4.71. The summed E-state index contributed by atoms with van der Waals surface area (Å²) in [6.45, 7) is 5.16. The minimum atomic E-state index is 0.296. The Kier molecular flexibility index (Phi) is 4.57. The zero-order chi connectivity index (χ0) is 17.1. The van der Waals surface area contributed by atoms with Crippen molar-refractivity contribution in [2.24, 2.45) is 0 Å². The van der Waals surface area contributed by atoms with Crippen LogP contribution in [-0.2, 0) is 6.54 Å². The maximum absolute atomic E-state index is 5.91. The van der Waals surface area contributed by atoms with E-state index in [-0.39, 0.29) is 0 Å². The highest BCUT2D eigenvalue weighted by atomic mass is 16.4. The van der Waals surface area contributed by atoms with Crippen molar-refractivity contribution in [1.82, 2.24) is 20.1 Å². The zero-order valence-electron chi connectivity index (χ0n) is 14.4. The van der Waals surface area contributed by atoms with E-state index in [1.165, 1.54) is 11.1 Å². The molecule has 3 aromatic rings. The van der Waals surface area contributed by atoms with Crippen molar-refractivity contribution in [3.63, 3.8) is 0 Å². The first kappa shape index (κ1) is 16.0. The highest BCUT2D eigenvalue weighted by Crippen LogP contribution is 2.28. The summed E-state index contributed by atoms with van der Waals surface area (Å²) in [5.74, 6) is 1.53. The van der Waals surface area contributed by atoms with Gasteiger partial charge in [-0.15, -0.1) is 10.2 Å². The Bertz CT molecular complexity index is 813. The first-order chi connectivity index (χ1) is 12.3. The number of benzene rings is 1. The van der Waals surface area contributed by atoms with E-state index in [0.29, 0.717) is 11.8 Å². The second-order valence-electron chi connectivity index (χ2n) is 6.72. The molecule has 1 aliphatic rings. The number of hydrogen-bond donors (Lipinski definition) is 0. The van der Waals surface area contributed by atoms with Crippen molar-refractivity contribution in [3.8, 4) is 11.6 Å². The standard InChI is InChI=1S/C20H22N4O/c1-15-7-9-16(10-8-15)13-24-12-4-5-17(14-24)19-22-23-20(25-19)18-6-2-3-11-21-18/h2-3,6-11,17H,4-5,12-14H2,1H3. The Labute approximate surface area is 147 Å². The Morgan fingerprint density at radius 3 is 2.80 bits per heavy atom. The lowest BCUT2D eigenvalue weighted by atomic mass is 9.97. The number of hydrogen-bond acceptors (Lipinski definition) is 5. The third-order valence-corrected chi connectivity index (χ3v) is 4.71. The lowest BCUT2D eigenvalue weighted by Crippen LogP contribution is -2.34. The molecule has 5 nitrogen and oxygen atoms in total. The van der Waals surface area contributed by atoms with Crippen molar-refractivity contribution >= 4 is 0 Å². The highest BCUT2D eigenvalue weighted by molar-refractivity contribution is 5.45. The number of rotatable bonds is 4. The van der Waals surface area contributed by atoms with Gasteiger partial charge < -0.3 is 4.42 Å². The topological polar surface area (TPSA) is 55.1 Å². The molecular weight excluding hydrogens is 312 g/mol. The van der Waals surface area contributed by atoms with Gasteiger partial charge in [-0.1, -0.05) is 35.9 Å². The summed E-state index contributed by atoms with van der Waals surface area (Å²) in [4.78, 5) is 6.75. The van der Waals surface area contributed by atoms with Gasteiger partial charge in [0.1, 0.15) is 5.69 Å². The van der Waals surface area contributed by atoms with Crippen LogP contribution in [0.1, 0.15) is 35.8 Å². The van der Waals surface area contributed by atoms with E-state index in [1.54, 1.807) is 6.20 Å². The van der Waals surface area contributed by atoms with E-state index in [1.807, 2.05) is 18.2 Å². The van der Waals surface area contributed by atoms with Crippen LogP contribution < -0.4 is 0 Å². The molecule has 1 fully saturated rings. The molecule has 0 N–H and O–H groups in total. The van der Waals surface area contributed by atoms with E-state index in [4.69, 9.17) is 4.42 Å². The predicted molar refractivity (Wildman–Crippen MR) is 96.0 cm³/mol. The Balaban J connectivity index is 1.44. The molecule has 1 atom stereocenters. The molecule has 0 radical (unpaired) electrons. The van der Waals surface area contributed by atoms with Crippen molar-refractivity contribution in [2.45, 2.75) is 32.2 Å². The fraction of sp³-hybridized carbons (Fsp3) is 0.350. The molecule has 5 heteroatoms. The third kappa shape index (κ3) is 3.77. The van der Waals surface area contributed by atoms with Crippen LogP contribution in [0.15, 0.2) is 53.1 Å². The average molecular weight is 334 g/mol. The Morgan fingerprint density at radius 2 is 2.00 bits per heavy atom. The molecular formula is C20H22N4O. The van der Waals surface area contributed by atoms with Crippen molar-refractivity contribution in [3.05, 3.63) is 65.7 Å². The van der Waals surface area contributed by atoms with Gasteiger partial charge in [0.2, 0.25) is 5.89 Å². The SMILES string of the molecule is Cc1ccc(CN2CCCC(c3nnc(-c4ccccn4)o3)C2)cc1. The van der Waals surface area contributed by atoms with Crippen LogP contribution in [0.4, 0.5) is 0 Å². The highest BCUT2D eigenvalue weighted by Gasteiger charge is 2.26. The minimum absolute atomic E-state index is 0.296. The van der Waals surface area contributed by atoms with Gasteiger partial charge in [0, 0.05) is 19.3 Å². The maximum Gasteiger partial charge on any atom is 0.266 e. The largest absolute Gasteiger partial charge is 0.419 e. The monoisotopic (exact) mass is 334 g/mol. The number of pyridine rings is 1. The van der Waals surface area contributed by atoms with E-state index in [2.05, 4.69) is 51.3 Å². The van der Waals surface area contributed by atoms with Crippen LogP contribution in [-0.4, -0.2) is 33.2 Å². The molecule has 0 saturated carbocycles. The van der Waals surface area contributed by atoms with Gasteiger partial charge in [0.05, 0.1) is 5.92 Å². The Morgan fingerprint density at radius 1 is 1.12 bits per heavy atom. The van der Waals surface area contributed by atoms with Gasteiger partial charge in [0.15, 0.2) is 0 Å². The van der Waals surface area contributed by atoms with Gasteiger partial charge in [-0.2, -0.15) is 0 Å². The molecule has 1 saturated heterocycles. The minimum Gasteiger partial charge on any atom is -0.419 e. The molecule has 0 amide bonds. The smallest absolute Gasteiger partial charge is 0.266 e. The first-order valence-electron chi connectivity index (χ1n) is 8.80. The van der Waals surface area contributed by atoms with Crippen LogP contribution in [0.3, 0.4) is 0 Å². The molecule has 0 bridgehead atoms. The molecule has 1 unspecified atom stereocenters. The fourth-order valence-electron chi connectivity index (χ4n) is 3.34. The van der Waals surface area contributed by atoms with Crippen LogP contribution in [0.2, 0.25) is 0 Å². The normalized spacial score (nSPS) is 18.4. The molecule has 128 valence electrons. The second kappa shape index (κ2) is 7.15. The van der Waals surface area contributed by atoms with Crippen LogP contribution >= 0.6 is 0 Å². The maximum atomic E-state index is 5.91. The van der Waals surface area contributed by atoms with Gasteiger partial charge in [-0.05, 0) is 44.0 Å². The van der Waals surface area contributed by atoms with E-state index in [0.717, 1.165) is 44.1 Å². The summed E-state index contributed by atoms with van der Waals surface area (Å²) >= 11 is 0. The van der Waals surface area contributed by atoms with E-state index >= 15 is 0 Å². The summed E-state index contributed by atoms with van der Waals surface area (Å²) in [6, 6.07) is 14.5. The summed E-state index contributed by atoms with van der Waals surface area (Å²) in [6.07, 6.45) is 3.98. The quantitative estimate of drug-likeness (QED) is 0.726. The molecule has 0 spiro atoms.